The first-order valence-electron chi connectivity index (χ1n) is 8.96. The second-order valence-corrected chi connectivity index (χ2v) is 6.38. The Balaban J connectivity index is 1.57. The third kappa shape index (κ3) is 4.68. The van der Waals surface area contributed by atoms with Gasteiger partial charge >= 0.3 is 0 Å². The first-order valence-corrected chi connectivity index (χ1v) is 8.96. The third-order valence-corrected chi connectivity index (χ3v) is 4.58. The number of anilines is 1. The van der Waals surface area contributed by atoms with Gasteiger partial charge in [-0.15, -0.1) is 6.42 Å². The van der Waals surface area contributed by atoms with Gasteiger partial charge in [0.25, 0.3) is 17.5 Å². The number of terminal acetylenes is 1. The van der Waals surface area contributed by atoms with Gasteiger partial charge in [-0.3, -0.25) is 19.7 Å². The van der Waals surface area contributed by atoms with Crippen LogP contribution in [0.4, 0.5) is 11.5 Å². The van der Waals surface area contributed by atoms with Crippen LogP contribution < -0.4 is 10.2 Å². The van der Waals surface area contributed by atoms with Crippen molar-refractivity contribution in [3.05, 3.63) is 63.8 Å². The maximum absolute atomic E-state index is 12.6. The van der Waals surface area contributed by atoms with Gasteiger partial charge in [0.2, 0.25) is 0 Å². The average Bonchev–Trinajstić information content (AvgIpc) is 2.77. The van der Waals surface area contributed by atoms with Crippen molar-refractivity contribution in [1.29, 1.82) is 0 Å². The van der Waals surface area contributed by atoms with Crippen molar-refractivity contribution in [2.24, 2.45) is 0 Å². The molecule has 0 saturated carbocycles. The zero-order valence-corrected chi connectivity index (χ0v) is 15.6. The second kappa shape index (κ2) is 8.84. The number of hydrogen-bond acceptors (Lipinski definition) is 6. The normalized spacial score (nSPS) is 13.5. The van der Waals surface area contributed by atoms with Crippen molar-refractivity contribution in [2.75, 3.05) is 37.6 Å². The van der Waals surface area contributed by atoms with E-state index in [1.807, 2.05) is 4.90 Å². The lowest BCUT2D eigenvalue weighted by molar-refractivity contribution is -0.384. The van der Waals surface area contributed by atoms with Crippen LogP contribution in [-0.2, 0) is 0 Å². The molecular formula is C20H19N5O4. The molecule has 0 spiro atoms. The molecule has 1 fully saturated rings. The predicted molar refractivity (Wildman–Crippen MR) is 107 cm³/mol. The van der Waals surface area contributed by atoms with Gasteiger partial charge in [-0.1, -0.05) is 5.92 Å². The highest BCUT2D eigenvalue weighted by atomic mass is 16.6. The topological polar surface area (TPSA) is 109 Å². The summed E-state index contributed by atoms with van der Waals surface area (Å²) in [7, 11) is 0. The minimum absolute atomic E-state index is 0.0473. The minimum Gasteiger partial charge on any atom is -0.353 e. The summed E-state index contributed by atoms with van der Waals surface area (Å²) in [5, 5.41) is 13.3. The van der Waals surface area contributed by atoms with Crippen molar-refractivity contribution in [1.82, 2.24) is 15.2 Å². The number of hydrogen-bond donors (Lipinski definition) is 1. The highest BCUT2D eigenvalue weighted by molar-refractivity contribution is 5.95. The highest BCUT2D eigenvalue weighted by Gasteiger charge is 2.23. The van der Waals surface area contributed by atoms with E-state index in [-0.39, 0.29) is 24.0 Å². The van der Waals surface area contributed by atoms with Crippen LogP contribution in [0.1, 0.15) is 20.7 Å². The van der Waals surface area contributed by atoms with E-state index < -0.39 is 4.92 Å². The van der Waals surface area contributed by atoms with Crippen LogP contribution in [-0.4, -0.2) is 59.3 Å². The number of carbonyl (C=O) groups is 2. The van der Waals surface area contributed by atoms with Gasteiger partial charge in [0.15, 0.2) is 0 Å². The molecule has 0 aliphatic carbocycles. The van der Waals surface area contributed by atoms with E-state index in [1.54, 1.807) is 17.0 Å². The fraction of sp³-hybridized carbons (Fsp3) is 0.250. The number of benzene rings is 1. The van der Waals surface area contributed by atoms with E-state index in [4.69, 9.17) is 6.42 Å². The smallest absolute Gasteiger partial charge is 0.269 e. The lowest BCUT2D eigenvalue weighted by atomic mass is 10.1. The SMILES string of the molecule is C#CCNC(=O)c1ccc(N2CCN(C(=O)c3ccc([N+](=O)[O-])cc3)CC2)nc1. The number of piperazine rings is 1. The maximum atomic E-state index is 12.6. The largest absolute Gasteiger partial charge is 0.353 e. The fourth-order valence-corrected chi connectivity index (χ4v) is 2.99. The lowest BCUT2D eigenvalue weighted by Gasteiger charge is -2.35. The molecule has 0 unspecified atom stereocenters. The van der Waals surface area contributed by atoms with Crippen molar-refractivity contribution in [3.63, 3.8) is 0 Å². The molecule has 29 heavy (non-hydrogen) atoms. The van der Waals surface area contributed by atoms with Crippen LogP contribution in [0.5, 0.6) is 0 Å². The number of nitro benzene ring substituents is 1. The zero-order chi connectivity index (χ0) is 20.8. The number of amides is 2. The second-order valence-electron chi connectivity index (χ2n) is 6.38. The number of rotatable bonds is 5. The Labute approximate surface area is 167 Å². The number of nitrogens with zero attached hydrogens (tertiary/aromatic N) is 4. The van der Waals surface area contributed by atoms with Gasteiger partial charge in [0, 0.05) is 50.1 Å². The molecule has 2 heterocycles. The summed E-state index contributed by atoms with van der Waals surface area (Å²) in [4.78, 5) is 42.8. The summed E-state index contributed by atoms with van der Waals surface area (Å²) >= 11 is 0. The summed E-state index contributed by atoms with van der Waals surface area (Å²) < 4.78 is 0. The Bertz CT molecular complexity index is 942. The summed E-state index contributed by atoms with van der Waals surface area (Å²) in [6.45, 7) is 2.35. The Morgan fingerprint density at radius 3 is 2.31 bits per heavy atom. The number of nitro groups is 1. The summed E-state index contributed by atoms with van der Waals surface area (Å²) in [6, 6.07) is 9.04. The van der Waals surface area contributed by atoms with Gasteiger partial charge in [0.05, 0.1) is 17.0 Å². The first kappa shape index (κ1) is 19.8. The highest BCUT2D eigenvalue weighted by Crippen LogP contribution is 2.17. The maximum Gasteiger partial charge on any atom is 0.269 e. The molecule has 1 aromatic heterocycles. The van der Waals surface area contributed by atoms with Crippen LogP contribution in [0.25, 0.3) is 0 Å². The molecule has 1 aliphatic heterocycles. The van der Waals surface area contributed by atoms with E-state index in [0.29, 0.717) is 37.3 Å². The molecule has 3 rings (SSSR count). The quantitative estimate of drug-likeness (QED) is 0.466. The van der Waals surface area contributed by atoms with Crippen LogP contribution in [0.3, 0.4) is 0 Å². The molecule has 0 atom stereocenters. The summed E-state index contributed by atoms with van der Waals surface area (Å²) in [5.74, 6) is 2.63. The van der Waals surface area contributed by atoms with Gasteiger partial charge in [-0.05, 0) is 24.3 Å². The van der Waals surface area contributed by atoms with Crippen LogP contribution >= 0.6 is 0 Å². The number of carbonyl (C=O) groups excluding carboxylic acids is 2. The molecule has 1 N–H and O–H groups in total. The Morgan fingerprint density at radius 1 is 1.10 bits per heavy atom. The Hall–Kier alpha value is -3.93. The molecule has 1 saturated heterocycles. The minimum atomic E-state index is -0.496. The Kier molecular flexibility index (Phi) is 6.04. The molecule has 1 aromatic carbocycles. The third-order valence-electron chi connectivity index (χ3n) is 4.58. The fourth-order valence-electron chi connectivity index (χ4n) is 2.99. The van der Waals surface area contributed by atoms with Crippen molar-refractivity contribution in [2.45, 2.75) is 0 Å². The number of nitrogens with one attached hydrogen (secondary N) is 1. The molecular weight excluding hydrogens is 374 g/mol. The van der Waals surface area contributed by atoms with Gasteiger partial charge in [0.1, 0.15) is 5.82 Å². The monoisotopic (exact) mass is 393 g/mol. The summed E-state index contributed by atoms with van der Waals surface area (Å²) in [5.41, 5.74) is 0.800. The van der Waals surface area contributed by atoms with Gasteiger partial charge in [-0.25, -0.2) is 4.98 Å². The van der Waals surface area contributed by atoms with Crippen molar-refractivity contribution >= 4 is 23.3 Å². The molecule has 0 bridgehead atoms. The molecule has 1 aliphatic rings. The van der Waals surface area contributed by atoms with Crippen LogP contribution in [0.15, 0.2) is 42.6 Å². The molecule has 9 heteroatoms. The summed E-state index contributed by atoms with van der Waals surface area (Å²) in [6.07, 6.45) is 6.62. The van der Waals surface area contributed by atoms with E-state index in [2.05, 4.69) is 16.2 Å². The molecule has 148 valence electrons. The van der Waals surface area contributed by atoms with E-state index in [1.165, 1.54) is 30.5 Å². The van der Waals surface area contributed by atoms with Crippen LogP contribution in [0, 0.1) is 22.5 Å². The van der Waals surface area contributed by atoms with E-state index >= 15 is 0 Å². The van der Waals surface area contributed by atoms with Gasteiger partial charge in [-0.2, -0.15) is 0 Å². The molecule has 2 aromatic rings. The van der Waals surface area contributed by atoms with Gasteiger partial charge < -0.3 is 15.1 Å². The average molecular weight is 393 g/mol. The Morgan fingerprint density at radius 2 is 1.76 bits per heavy atom. The first-order chi connectivity index (χ1) is 14.0. The zero-order valence-electron chi connectivity index (χ0n) is 15.6. The standard InChI is InChI=1S/C20H19N5O4/c1-2-9-21-19(26)16-5-8-18(22-14-16)23-10-12-24(13-11-23)20(27)15-3-6-17(7-4-15)25(28)29/h1,3-8,14H,9-13H2,(H,21,26). The molecule has 9 nitrogen and oxygen atoms in total. The van der Waals surface area contributed by atoms with E-state index in [9.17, 15) is 19.7 Å². The number of non-ortho nitro benzene ring substituents is 1. The van der Waals surface area contributed by atoms with E-state index in [0.717, 1.165) is 5.82 Å². The predicted octanol–water partition coefficient (Wildman–Crippen LogP) is 1.32. The molecule has 2 amide bonds. The van der Waals surface area contributed by atoms with Crippen molar-refractivity contribution in [3.8, 4) is 12.3 Å². The molecule has 0 radical (unpaired) electrons. The van der Waals surface area contributed by atoms with Crippen molar-refractivity contribution < 1.29 is 14.5 Å². The lowest BCUT2D eigenvalue weighted by Crippen LogP contribution is -2.49. The van der Waals surface area contributed by atoms with Crippen LogP contribution in [0.2, 0.25) is 0 Å². The number of aromatic nitrogens is 1. The number of pyridine rings is 1.